The van der Waals surface area contributed by atoms with E-state index in [1.54, 1.807) is 0 Å². The number of aromatic nitrogens is 2. The minimum Gasteiger partial charge on any atom is -0.385 e. The third-order valence-electron chi connectivity index (χ3n) is 3.62. The Morgan fingerprint density at radius 3 is 3.22 bits per heavy atom. The lowest BCUT2D eigenvalue weighted by molar-refractivity contribution is 0.712. The maximum atomic E-state index is 4.44. The summed E-state index contributed by atoms with van der Waals surface area (Å²) in [6, 6.07) is 6.78. The van der Waals surface area contributed by atoms with Crippen molar-refractivity contribution in [2.75, 3.05) is 11.9 Å². The first-order chi connectivity index (χ1) is 8.86. The van der Waals surface area contributed by atoms with Gasteiger partial charge in [-0.3, -0.25) is 0 Å². The average Bonchev–Trinajstić information content (AvgIpc) is 2.86. The first-order valence-electron chi connectivity index (χ1n) is 6.72. The molecule has 94 valence electrons. The minimum atomic E-state index is 0.912. The molecule has 2 heterocycles. The van der Waals surface area contributed by atoms with E-state index in [-0.39, 0.29) is 0 Å². The predicted octanol–water partition coefficient (Wildman–Crippen LogP) is 2.85. The van der Waals surface area contributed by atoms with Crippen LogP contribution >= 0.6 is 0 Å². The number of fused-ring (bicyclic) bond motifs is 1. The summed E-state index contributed by atoms with van der Waals surface area (Å²) >= 11 is 0. The fourth-order valence-electron chi connectivity index (χ4n) is 2.60. The molecule has 0 fully saturated rings. The summed E-state index contributed by atoms with van der Waals surface area (Å²) in [6.07, 6.45) is 7.29. The fourth-order valence-corrected chi connectivity index (χ4v) is 2.60. The van der Waals surface area contributed by atoms with Crippen molar-refractivity contribution < 1.29 is 0 Å². The highest BCUT2D eigenvalue weighted by Crippen LogP contribution is 2.24. The fraction of sp³-hybridized carbons (Fsp3) is 0.400. The molecule has 1 aliphatic rings. The monoisotopic (exact) mass is 241 g/mol. The smallest absolute Gasteiger partial charge is 0.113 e. The van der Waals surface area contributed by atoms with Crippen LogP contribution in [0.1, 0.15) is 30.3 Å². The Balaban J connectivity index is 1.85. The van der Waals surface area contributed by atoms with Crippen LogP contribution in [0.25, 0.3) is 0 Å². The first kappa shape index (κ1) is 11.3. The summed E-state index contributed by atoms with van der Waals surface area (Å²) in [5, 5.41) is 3.48. The number of nitrogens with zero attached hydrogens (tertiary/aromatic N) is 2. The topological polar surface area (TPSA) is 29.9 Å². The van der Waals surface area contributed by atoms with Crippen LogP contribution in [0.4, 0.5) is 5.69 Å². The molecular weight excluding hydrogens is 222 g/mol. The van der Waals surface area contributed by atoms with Crippen molar-refractivity contribution in [3.05, 3.63) is 47.5 Å². The predicted molar refractivity (Wildman–Crippen MR) is 74.0 cm³/mol. The lowest BCUT2D eigenvalue weighted by Gasteiger charge is -2.18. The van der Waals surface area contributed by atoms with Gasteiger partial charge >= 0.3 is 0 Å². The van der Waals surface area contributed by atoms with E-state index in [1.165, 1.54) is 29.7 Å². The number of aryl methyl sites for hydroxylation is 2. The molecule has 1 aromatic heterocycles. The molecular formula is C15H19N3. The molecule has 0 saturated carbocycles. The van der Waals surface area contributed by atoms with Gasteiger partial charge in [0.15, 0.2) is 0 Å². The van der Waals surface area contributed by atoms with Gasteiger partial charge in [0.05, 0.1) is 0 Å². The lowest BCUT2D eigenvalue weighted by Crippen LogP contribution is -2.12. The lowest BCUT2D eigenvalue weighted by atomic mass is 10.00. The molecule has 0 bridgehead atoms. The molecule has 3 rings (SSSR count). The zero-order valence-electron chi connectivity index (χ0n) is 10.8. The highest BCUT2D eigenvalue weighted by Gasteiger charge is 2.10. The number of benzene rings is 1. The summed E-state index contributed by atoms with van der Waals surface area (Å²) < 4.78 is 2.20. The maximum absolute atomic E-state index is 4.44. The Morgan fingerprint density at radius 2 is 2.33 bits per heavy atom. The van der Waals surface area contributed by atoms with E-state index >= 15 is 0 Å². The van der Waals surface area contributed by atoms with Crippen LogP contribution in [-0.4, -0.2) is 16.1 Å². The first-order valence-corrected chi connectivity index (χ1v) is 6.72. The van der Waals surface area contributed by atoms with Crippen molar-refractivity contribution in [3.8, 4) is 0 Å². The largest absolute Gasteiger partial charge is 0.385 e. The zero-order valence-corrected chi connectivity index (χ0v) is 10.8. The van der Waals surface area contributed by atoms with Crippen molar-refractivity contribution in [1.29, 1.82) is 0 Å². The second-order valence-electron chi connectivity index (χ2n) is 4.83. The highest BCUT2D eigenvalue weighted by atomic mass is 15.0. The van der Waals surface area contributed by atoms with Crippen LogP contribution in [0, 0.1) is 0 Å². The van der Waals surface area contributed by atoms with Crippen LogP contribution in [-0.2, 0) is 19.4 Å². The van der Waals surface area contributed by atoms with E-state index in [0.717, 1.165) is 25.3 Å². The third kappa shape index (κ3) is 2.13. The van der Waals surface area contributed by atoms with Crippen LogP contribution in [0.15, 0.2) is 30.6 Å². The van der Waals surface area contributed by atoms with Gasteiger partial charge in [0.2, 0.25) is 0 Å². The third-order valence-corrected chi connectivity index (χ3v) is 3.62. The van der Waals surface area contributed by atoms with Gasteiger partial charge in [-0.1, -0.05) is 12.1 Å². The summed E-state index contributed by atoms with van der Waals surface area (Å²) in [5.74, 6) is 1.15. The number of hydrogen-bond acceptors (Lipinski definition) is 2. The van der Waals surface area contributed by atoms with Crippen molar-refractivity contribution >= 4 is 5.69 Å². The van der Waals surface area contributed by atoms with Gasteiger partial charge in [-0.05, 0) is 37.0 Å². The number of rotatable bonds is 3. The summed E-state index contributed by atoms with van der Waals surface area (Å²) in [6.45, 7) is 4.23. The quantitative estimate of drug-likeness (QED) is 0.895. The second-order valence-corrected chi connectivity index (χ2v) is 4.83. The van der Waals surface area contributed by atoms with Gasteiger partial charge in [0.1, 0.15) is 5.82 Å². The number of anilines is 1. The van der Waals surface area contributed by atoms with E-state index in [2.05, 4.69) is 40.0 Å². The van der Waals surface area contributed by atoms with Crippen molar-refractivity contribution in [3.63, 3.8) is 0 Å². The molecule has 1 aliphatic heterocycles. The summed E-state index contributed by atoms with van der Waals surface area (Å²) in [7, 11) is 0. The van der Waals surface area contributed by atoms with E-state index < -0.39 is 0 Å². The molecule has 0 aliphatic carbocycles. The van der Waals surface area contributed by atoms with E-state index in [0.29, 0.717) is 0 Å². The van der Waals surface area contributed by atoms with Crippen molar-refractivity contribution in [2.45, 2.75) is 32.7 Å². The van der Waals surface area contributed by atoms with E-state index in [9.17, 15) is 0 Å². The molecule has 3 nitrogen and oxygen atoms in total. The average molecular weight is 241 g/mol. The normalized spacial score (nSPS) is 14.1. The van der Waals surface area contributed by atoms with Crippen molar-refractivity contribution in [1.82, 2.24) is 9.55 Å². The molecule has 0 amide bonds. The van der Waals surface area contributed by atoms with Gasteiger partial charge in [-0.25, -0.2) is 4.98 Å². The molecule has 3 heteroatoms. The summed E-state index contributed by atoms with van der Waals surface area (Å²) in [4.78, 5) is 4.44. The molecule has 0 spiro atoms. The van der Waals surface area contributed by atoms with Gasteiger partial charge in [-0.15, -0.1) is 0 Å². The Kier molecular flexibility index (Phi) is 3.05. The molecule has 0 unspecified atom stereocenters. The van der Waals surface area contributed by atoms with Crippen LogP contribution in [0.5, 0.6) is 0 Å². The van der Waals surface area contributed by atoms with E-state index in [1.807, 2.05) is 12.4 Å². The Morgan fingerprint density at radius 1 is 1.39 bits per heavy atom. The second kappa shape index (κ2) is 4.84. The van der Waals surface area contributed by atoms with E-state index in [4.69, 9.17) is 0 Å². The van der Waals surface area contributed by atoms with Gasteiger partial charge < -0.3 is 9.88 Å². The Labute approximate surface area is 108 Å². The molecule has 2 aromatic rings. The van der Waals surface area contributed by atoms with Gasteiger partial charge in [0, 0.05) is 37.6 Å². The molecule has 0 radical (unpaired) electrons. The number of imidazole rings is 1. The highest BCUT2D eigenvalue weighted by molar-refractivity contribution is 5.55. The molecule has 0 atom stereocenters. The standard InChI is InChI=1S/C15H19N3/c1-2-18-9-8-17-15(18)11-12-5-6-13-4-3-7-16-14(13)10-12/h5-6,8-10,16H,2-4,7,11H2,1H3. The van der Waals surface area contributed by atoms with Crippen LogP contribution in [0.2, 0.25) is 0 Å². The molecule has 18 heavy (non-hydrogen) atoms. The Bertz CT molecular complexity index is 542. The van der Waals surface area contributed by atoms with Crippen molar-refractivity contribution in [2.24, 2.45) is 0 Å². The number of hydrogen-bond donors (Lipinski definition) is 1. The molecule has 1 aromatic carbocycles. The zero-order chi connectivity index (χ0) is 12.4. The molecule has 1 N–H and O–H groups in total. The van der Waals surface area contributed by atoms with Gasteiger partial charge in [0.25, 0.3) is 0 Å². The van der Waals surface area contributed by atoms with Crippen LogP contribution in [0.3, 0.4) is 0 Å². The van der Waals surface area contributed by atoms with Gasteiger partial charge in [-0.2, -0.15) is 0 Å². The maximum Gasteiger partial charge on any atom is 0.113 e. The van der Waals surface area contributed by atoms with Crippen LogP contribution < -0.4 is 5.32 Å². The minimum absolute atomic E-state index is 0.912. The SMILES string of the molecule is CCn1ccnc1Cc1ccc2c(c1)NCCC2. The Hall–Kier alpha value is -1.77. The molecule has 0 saturated heterocycles. The summed E-state index contributed by atoms with van der Waals surface area (Å²) in [5.41, 5.74) is 4.10. The number of nitrogens with one attached hydrogen (secondary N) is 1.